The number of nitrogens with one attached hydrogen (secondary N) is 1. The Labute approximate surface area is 183 Å². The van der Waals surface area contributed by atoms with Crippen molar-refractivity contribution in [1.29, 1.82) is 0 Å². The molecular formula is C23H21N5O2S. The highest BCUT2D eigenvalue weighted by Gasteiger charge is 2.30. The molecule has 4 aromatic rings. The molecule has 0 saturated heterocycles. The van der Waals surface area contributed by atoms with Crippen molar-refractivity contribution in [2.24, 2.45) is 0 Å². The molecular weight excluding hydrogens is 410 g/mol. The Hall–Kier alpha value is -3.39. The van der Waals surface area contributed by atoms with Crippen LogP contribution in [0.25, 0.3) is 16.7 Å². The molecule has 1 atom stereocenters. The third kappa shape index (κ3) is 3.53. The van der Waals surface area contributed by atoms with Gasteiger partial charge in [-0.05, 0) is 44.0 Å². The standard InChI is InChI=1S/C23H21N5O2S/c1-14-7-9-17(10-8-14)28-21-18(12-24-28)22(30)26-23(25-21)31-13-20(29)27-15(2)11-16-5-3-4-6-19(16)27/h3-10,12,15H,11,13H2,1-2H3,(H,25,26,30)/t15-/m0/s1. The lowest BCUT2D eigenvalue weighted by molar-refractivity contribution is -0.116. The highest BCUT2D eigenvalue weighted by molar-refractivity contribution is 7.99. The molecule has 1 amide bonds. The zero-order valence-electron chi connectivity index (χ0n) is 17.2. The molecule has 3 heterocycles. The van der Waals surface area contributed by atoms with Gasteiger partial charge in [0.2, 0.25) is 5.91 Å². The minimum absolute atomic E-state index is 0.00256. The molecule has 0 fully saturated rings. The smallest absolute Gasteiger partial charge is 0.262 e. The minimum Gasteiger partial charge on any atom is -0.308 e. The van der Waals surface area contributed by atoms with Gasteiger partial charge in [-0.1, -0.05) is 47.7 Å². The molecule has 0 spiro atoms. The molecule has 7 nitrogen and oxygen atoms in total. The average Bonchev–Trinajstić information content (AvgIpc) is 3.33. The fraction of sp³-hybridized carbons (Fsp3) is 0.217. The summed E-state index contributed by atoms with van der Waals surface area (Å²) in [6.07, 6.45) is 2.37. The molecule has 1 aliphatic heterocycles. The van der Waals surface area contributed by atoms with E-state index in [1.807, 2.05) is 54.3 Å². The van der Waals surface area contributed by atoms with E-state index in [1.54, 1.807) is 4.68 Å². The zero-order chi connectivity index (χ0) is 21.5. The van der Waals surface area contributed by atoms with Gasteiger partial charge in [-0.3, -0.25) is 9.59 Å². The van der Waals surface area contributed by atoms with Gasteiger partial charge in [-0.15, -0.1) is 0 Å². The largest absolute Gasteiger partial charge is 0.308 e. The summed E-state index contributed by atoms with van der Waals surface area (Å²) in [5, 5.41) is 5.16. The number of carbonyl (C=O) groups is 1. The van der Waals surface area contributed by atoms with E-state index in [2.05, 4.69) is 28.1 Å². The van der Waals surface area contributed by atoms with E-state index in [1.165, 1.54) is 23.5 Å². The zero-order valence-corrected chi connectivity index (χ0v) is 18.0. The van der Waals surface area contributed by atoms with Crippen LogP contribution < -0.4 is 10.5 Å². The van der Waals surface area contributed by atoms with E-state index in [0.29, 0.717) is 16.2 Å². The van der Waals surface area contributed by atoms with Gasteiger partial charge < -0.3 is 9.88 Å². The second-order valence-electron chi connectivity index (χ2n) is 7.73. The van der Waals surface area contributed by atoms with E-state index in [-0.39, 0.29) is 23.3 Å². The van der Waals surface area contributed by atoms with Gasteiger partial charge in [0, 0.05) is 11.7 Å². The second kappa shape index (κ2) is 7.70. The molecule has 0 unspecified atom stereocenters. The molecule has 0 radical (unpaired) electrons. The van der Waals surface area contributed by atoms with Crippen LogP contribution in [0.5, 0.6) is 0 Å². The van der Waals surface area contributed by atoms with Crippen molar-refractivity contribution < 1.29 is 4.79 Å². The van der Waals surface area contributed by atoms with Crippen molar-refractivity contribution in [3.63, 3.8) is 0 Å². The summed E-state index contributed by atoms with van der Waals surface area (Å²) in [6, 6.07) is 15.9. The number of fused-ring (bicyclic) bond motifs is 2. The Morgan fingerprint density at radius 3 is 2.77 bits per heavy atom. The van der Waals surface area contributed by atoms with Crippen molar-refractivity contribution in [3.05, 3.63) is 76.2 Å². The molecule has 8 heteroatoms. The third-order valence-electron chi connectivity index (χ3n) is 5.50. The van der Waals surface area contributed by atoms with Crippen LogP contribution in [-0.2, 0) is 11.2 Å². The topological polar surface area (TPSA) is 83.9 Å². The van der Waals surface area contributed by atoms with Crippen molar-refractivity contribution >= 4 is 34.4 Å². The van der Waals surface area contributed by atoms with Crippen LogP contribution in [0.3, 0.4) is 0 Å². The Bertz CT molecular complexity index is 1340. The first kappa shape index (κ1) is 19.6. The lowest BCUT2D eigenvalue weighted by Crippen LogP contribution is -2.37. The van der Waals surface area contributed by atoms with E-state index >= 15 is 0 Å². The third-order valence-corrected chi connectivity index (χ3v) is 6.36. The van der Waals surface area contributed by atoms with Gasteiger partial charge >= 0.3 is 0 Å². The van der Waals surface area contributed by atoms with Crippen LogP contribution in [0.15, 0.2) is 64.7 Å². The maximum Gasteiger partial charge on any atom is 0.262 e. The Morgan fingerprint density at radius 1 is 1.19 bits per heavy atom. The number of para-hydroxylation sites is 1. The predicted octanol–water partition coefficient (Wildman–Crippen LogP) is 3.49. The van der Waals surface area contributed by atoms with Crippen LogP contribution in [-0.4, -0.2) is 37.5 Å². The van der Waals surface area contributed by atoms with E-state index in [9.17, 15) is 9.59 Å². The molecule has 31 heavy (non-hydrogen) atoms. The number of hydrogen-bond acceptors (Lipinski definition) is 5. The summed E-state index contributed by atoms with van der Waals surface area (Å²) in [5.41, 5.74) is 4.32. The fourth-order valence-electron chi connectivity index (χ4n) is 3.99. The van der Waals surface area contributed by atoms with Crippen molar-refractivity contribution in [2.45, 2.75) is 31.5 Å². The SMILES string of the molecule is Cc1ccc(-n2ncc3c(=O)[nH]c(SCC(=O)N4c5ccccc5C[C@@H]4C)nc32)cc1. The Morgan fingerprint density at radius 2 is 1.97 bits per heavy atom. The van der Waals surface area contributed by atoms with Gasteiger partial charge in [-0.2, -0.15) is 5.10 Å². The summed E-state index contributed by atoms with van der Waals surface area (Å²) >= 11 is 1.23. The molecule has 0 bridgehead atoms. The van der Waals surface area contributed by atoms with E-state index in [4.69, 9.17) is 0 Å². The number of aromatic amines is 1. The molecule has 1 N–H and O–H groups in total. The van der Waals surface area contributed by atoms with Crippen LogP contribution in [0, 0.1) is 6.92 Å². The van der Waals surface area contributed by atoms with Gasteiger partial charge in [-0.25, -0.2) is 9.67 Å². The number of hydrogen-bond donors (Lipinski definition) is 1. The number of thioether (sulfide) groups is 1. The van der Waals surface area contributed by atoms with E-state index < -0.39 is 0 Å². The number of benzene rings is 2. The molecule has 0 saturated carbocycles. The lowest BCUT2D eigenvalue weighted by Gasteiger charge is -2.22. The van der Waals surface area contributed by atoms with Crippen LogP contribution >= 0.6 is 11.8 Å². The Kier molecular flexibility index (Phi) is 4.86. The number of carbonyl (C=O) groups excluding carboxylic acids is 1. The highest BCUT2D eigenvalue weighted by Crippen LogP contribution is 2.32. The maximum atomic E-state index is 13.0. The molecule has 2 aromatic heterocycles. The Balaban J connectivity index is 1.41. The lowest BCUT2D eigenvalue weighted by atomic mass is 10.1. The number of nitrogens with zero attached hydrogens (tertiary/aromatic N) is 4. The monoisotopic (exact) mass is 431 g/mol. The molecule has 5 rings (SSSR count). The van der Waals surface area contributed by atoms with E-state index in [0.717, 1.165) is 23.4 Å². The first-order valence-electron chi connectivity index (χ1n) is 10.1. The van der Waals surface area contributed by atoms with Gasteiger partial charge in [0.05, 0.1) is 17.6 Å². The molecule has 156 valence electrons. The summed E-state index contributed by atoms with van der Waals surface area (Å²) in [4.78, 5) is 34.7. The quantitative estimate of drug-likeness (QED) is 0.395. The molecule has 0 aliphatic carbocycles. The fourth-order valence-corrected chi connectivity index (χ4v) is 4.70. The summed E-state index contributed by atoms with van der Waals surface area (Å²) in [7, 11) is 0. The first-order chi connectivity index (χ1) is 15.0. The summed E-state index contributed by atoms with van der Waals surface area (Å²) in [6.45, 7) is 4.06. The second-order valence-corrected chi connectivity index (χ2v) is 8.70. The normalized spacial score (nSPS) is 15.4. The number of rotatable bonds is 4. The van der Waals surface area contributed by atoms with Crippen LogP contribution in [0.2, 0.25) is 0 Å². The molecule has 1 aliphatic rings. The number of aryl methyl sites for hydroxylation is 1. The number of anilines is 1. The number of amides is 1. The van der Waals surface area contributed by atoms with Gasteiger partial charge in [0.1, 0.15) is 5.39 Å². The highest BCUT2D eigenvalue weighted by atomic mass is 32.2. The summed E-state index contributed by atoms with van der Waals surface area (Å²) in [5.74, 6) is 0.184. The molecule has 2 aromatic carbocycles. The van der Waals surface area contributed by atoms with Crippen molar-refractivity contribution in [3.8, 4) is 5.69 Å². The van der Waals surface area contributed by atoms with Gasteiger partial charge in [0.25, 0.3) is 5.56 Å². The number of aromatic nitrogens is 4. The number of H-pyrrole nitrogens is 1. The summed E-state index contributed by atoms with van der Waals surface area (Å²) < 4.78 is 1.65. The van der Waals surface area contributed by atoms with Gasteiger partial charge in [0.15, 0.2) is 10.8 Å². The first-order valence-corrected chi connectivity index (χ1v) is 11.1. The van der Waals surface area contributed by atoms with Crippen molar-refractivity contribution in [1.82, 2.24) is 19.7 Å². The van der Waals surface area contributed by atoms with Crippen molar-refractivity contribution in [2.75, 3.05) is 10.7 Å². The average molecular weight is 432 g/mol. The van der Waals surface area contributed by atoms with Crippen LogP contribution in [0.1, 0.15) is 18.1 Å². The van der Waals surface area contributed by atoms with Crippen LogP contribution in [0.4, 0.5) is 5.69 Å². The minimum atomic E-state index is -0.266. The predicted molar refractivity (Wildman–Crippen MR) is 122 cm³/mol. The maximum absolute atomic E-state index is 13.0.